The molecule has 1 aromatic heterocycles. The van der Waals surface area contributed by atoms with E-state index in [9.17, 15) is 0 Å². The molecule has 0 aliphatic heterocycles. The van der Waals surface area contributed by atoms with Crippen molar-refractivity contribution in [2.24, 2.45) is 0 Å². The summed E-state index contributed by atoms with van der Waals surface area (Å²) in [6, 6.07) is 0.615. The fraction of sp³-hybridized carbons (Fsp3) is 0.667. The predicted octanol–water partition coefficient (Wildman–Crippen LogP) is 2.06. The summed E-state index contributed by atoms with van der Waals surface area (Å²) in [7, 11) is 0. The van der Waals surface area contributed by atoms with E-state index in [4.69, 9.17) is 0 Å². The maximum atomic E-state index is 4.18. The van der Waals surface area contributed by atoms with Crippen LogP contribution in [-0.2, 0) is 6.54 Å². The lowest BCUT2D eigenvalue weighted by Crippen LogP contribution is -2.20. The third-order valence-electron chi connectivity index (χ3n) is 3.19. The number of rotatable bonds is 5. The first-order valence-electron chi connectivity index (χ1n) is 6.12. The summed E-state index contributed by atoms with van der Waals surface area (Å²) in [5, 5.41) is 11.5. The zero-order valence-electron chi connectivity index (χ0n) is 9.73. The molecule has 0 amide bonds. The number of nitrogens with one attached hydrogen (secondary N) is 1. The highest BCUT2D eigenvalue weighted by Gasteiger charge is 2.17. The van der Waals surface area contributed by atoms with Gasteiger partial charge in [-0.2, -0.15) is 0 Å². The topological polar surface area (TPSA) is 42.7 Å². The van der Waals surface area contributed by atoms with Gasteiger partial charge < -0.3 is 9.88 Å². The standard InChI is InChI=1S/C12H20N4/c1-2-8-13-9-12-15-14-10-16(12)11-6-4-3-5-7-11/h2,10-11,13H,1,3-9H2. The quantitative estimate of drug-likeness (QED) is 0.610. The smallest absolute Gasteiger partial charge is 0.147 e. The molecule has 1 N–H and O–H groups in total. The molecule has 0 saturated heterocycles. The van der Waals surface area contributed by atoms with Crippen LogP contribution >= 0.6 is 0 Å². The summed E-state index contributed by atoms with van der Waals surface area (Å²) >= 11 is 0. The molecule has 0 bridgehead atoms. The summed E-state index contributed by atoms with van der Waals surface area (Å²) in [6.45, 7) is 5.28. The van der Waals surface area contributed by atoms with Gasteiger partial charge >= 0.3 is 0 Å². The van der Waals surface area contributed by atoms with Crippen molar-refractivity contribution < 1.29 is 0 Å². The van der Waals surface area contributed by atoms with Crippen LogP contribution in [-0.4, -0.2) is 21.3 Å². The average molecular weight is 220 g/mol. The van der Waals surface area contributed by atoms with Gasteiger partial charge in [-0.25, -0.2) is 0 Å². The maximum absolute atomic E-state index is 4.18. The van der Waals surface area contributed by atoms with Gasteiger partial charge in [0.1, 0.15) is 12.2 Å². The molecule has 1 aliphatic carbocycles. The van der Waals surface area contributed by atoms with Crippen molar-refractivity contribution in [3.05, 3.63) is 24.8 Å². The van der Waals surface area contributed by atoms with Gasteiger partial charge in [0.2, 0.25) is 0 Å². The average Bonchev–Trinajstić information content (AvgIpc) is 2.79. The van der Waals surface area contributed by atoms with Gasteiger partial charge in [0.05, 0.1) is 6.54 Å². The molecular formula is C12H20N4. The van der Waals surface area contributed by atoms with E-state index in [-0.39, 0.29) is 0 Å². The van der Waals surface area contributed by atoms with Crippen LogP contribution in [0.3, 0.4) is 0 Å². The molecule has 0 radical (unpaired) electrons. The van der Waals surface area contributed by atoms with Crippen molar-refractivity contribution in [1.29, 1.82) is 0 Å². The summed E-state index contributed by atoms with van der Waals surface area (Å²) in [5.41, 5.74) is 0. The molecule has 1 fully saturated rings. The largest absolute Gasteiger partial charge is 0.313 e. The second-order valence-corrected chi connectivity index (χ2v) is 4.37. The van der Waals surface area contributed by atoms with Crippen LogP contribution in [0.15, 0.2) is 19.0 Å². The molecule has 0 unspecified atom stereocenters. The Morgan fingerprint density at radius 3 is 3.00 bits per heavy atom. The van der Waals surface area contributed by atoms with Crippen LogP contribution in [0.4, 0.5) is 0 Å². The summed E-state index contributed by atoms with van der Waals surface area (Å²) in [6.07, 6.45) is 10.3. The summed E-state index contributed by atoms with van der Waals surface area (Å²) < 4.78 is 2.25. The highest BCUT2D eigenvalue weighted by atomic mass is 15.3. The van der Waals surface area contributed by atoms with E-state index >= 15 is 0 Å². The van der Waals surface area contributed by atoms with Gasteiger partial charge in [0.25, 0.3) is 0 Å². The van der Waals surface area contributed by atoms with Crippen LogP contribution < -0.4 is 5.32 Å². The van der Waals surface area contributed by atoms with E-state index in [1.54, 1.807) is 0 Å². The van der Waals surface area contributed by atoms with Crippen molar-refractivity contribution in [2.75, 3.05) is 6.54 Å². The summed E-state index contributed by atoms with van der Waals surface area (Å²) in [5.74, 6) is 1.05. The van der Waals surface area contributed by atoms with Crippen molar-refractivity contribution in [3.8, 4) is 0 Å². The molecule has 0 atom stereocenters. The Bertz CT molecular complexity index is 326. The third kappa shape index (κ3) is 2.70. The first-order chi connectivity index (χ1) is 7.92. The van der Waals surface area contributed by atoms with Crippen LogP contribution in [0.2, 0.25) is 0 Å². The Morgan fingerprint density at radius 1 is 1.44 bits per heavy atom. The van der Waals surface area contributed by atoms with Gasteiger partial charge in [-0.15, -0.1) is 16.8 Å². The molecule has 16 heavy (non-hydrogen) atoms. The molecule has 0 spiro atoms. The number of aromatic nitrogens is 3. The van der Waals surface area contributed by atoms with Gasteiger partial charge in [0, 0.05) is 12.6 Å². The highest BCUT2D eigenvalue weighted by molar-refractivity contribution is 4.90. The van der Waals surface area contributed by atoms with Crippen LogP contribution in [0.25, 0.3) is 0 Å². The molecule has 0 aromatic carbocycles. The fourth-order valence-corrected chi connectivity index (χ4v) is 2.34. The molecule has 4 nitrogen and oxygen atoms in total. The number of hydrogen-bond acceptors (Lipinski definition) is 3. The van der Waals surface area contributed by atoms with E-state index in [1.807, 2.05) is 12.4 Å². The van der Waals surface area contributed by atoms with Gasteiger partial charge in [-0.05, 0) is 12.8 Å². The lowest BCUT2D eigenvalue weighted by molar-refractivity contribution is 0.343. The van der Waals surface area contributed by atoms with Gasteiger partial charge in [0.15, 0.2) is 0 Å². The predicted molar refractivity (Wildman–Crippen MR) is 64.0 cm³/mol. The Labute approximate surface area is 96.8 Å². The van der Waals surface area contributed by atoms with E-state index in [2.05, 4.69) is 26.7 Å². The summed E-state index contributed by atoms with van der Waals surface area (Å²) in [4.78, 5) is 0. The Balaban J connectivity index is 1.97. The van der Waals surface area contributed by atoms with Crippen LogP contribution in [0.5, 0.6) is 0 Å². The van der Waals surface area contributed by atoms with Crippen molar-refractivity contribution >= 4 is 0 Å². The molecule has 88 valence electrons. The lowest BCUT2D eigenvalue weighted by Gasteiger charge is -2.23. The van der Waals surface area contributed by atoms with Crippen LogP contribution in [0.1, 0.15) is 44.0 Å². The first-order valence-corrected chi connectivity index (χ1v) is 6.12. The van der Waals surface area contributed by atoms with Gasteiger partial charge in [-0.3, -0.25) is 0 Å². The zero-order chi connectivity index (χ0) is 11.2. The minimum absolute atomic E-state index is 0.615. The minimum atomic E-state index is 0.615. The van der Waals surface area contributed by atoms with Crippen LogP contribution in [0, 0.1) is 0 Å². The second kappa shape index (κ2) is 5.80. The fourth-order valence-electron chi connectivity index (χ4n) is 2.34. The lowest BCUT2D eigenvalue weighted by atomic mass is 9.95. The van der Waals surface area contributed by atoms with E-state index in [0.717, 1.165) is 18.9 Å². The molecule has 2 rings (SSSR count). The van der Waals surface area contributed by atoms with Crippen molar-refractivity contribution in [3.63, 3.8) is 0 Å². The van der Waals surface area contributed by atoms with Crippen molar-refractivity contribution in [2.45, 2.75) is 44.7 Å². The monoisotopic (exact) mass is 220 g/mol. The van der Waals surface area contributed by atoms with E-state index < -0.39 is 0 Å². The third-order valence-corrected chi connectivity index (χ3v) is 3.19. The normalized spacial score (nSPS) is 17.5. The molecule has 1 heterocycles. The van der Waals surface area contributed by atoms with Gasteiger partial charge in [-0.1, -0.05) is 25.3 Å². The Hall–Kier alpha value is -1.16. The Kier molecular flexibility index (Phi) is 4.10. The molecule has 1 saturated carbocycles. The Morgan fingerprint density at radius 2 is 2.25 bits per heavy atom. The number of nitrogens with zero attached hydrogens (tertiary/aromatic N) is 3. The molecule has 1 aromatic rings. The minimum Gasteiger partial charge on any atom is -0.313 e. The molecule has 1 aliphatic rings. The SMILES string of the molecule is C=CCNCc1nncn1C1CCCCC1. The highest BCUT2D eigenvalue weighted by Crippen LogP contribution is 2.28. The van der Waals surface area contributed by atoms with E-state index in [1.165, 1.54) is 32.1 Å². The maximum Gasteiger partial charge on any atom is 0.147 e. The first kappa shape index (κ1) is 11.3. The molecule has 4 heteroatoms. The molecular weight excluding hydrogens is 200 g/mol. The van der Waals surface area contributed by atoms with E-state index in [0.29, 0.717) is 6.04 Å². The second-order valence-electron chi connectivity index (χ2n) is 4.37. The zero-order valence-corrected chi connectivity index (χ0v) is 9.73. The van der Waals surface area contributed by atoms with Crippen molar-refractivity contribution in [1.82, 2.24) is 20.1 Å². The number of hydrogen-bond donors (Lipinski definition) is 1.